The molecule has 0 aromatic heterocycles. The van der Waals surface area contributed by atoms with Gasteiger partial charge in [0.2, 0.25) is 6.41 Å². The van der Waals surface area contributed by atoms with E-state index < -0.39 is 7.92 Å². The Morgan fingerprint density at radius 3 is 2.00 bits per heavy atom. The molecule has 2 unspecified atom stereocenters. The number of methoxy groups -OCH3 is 1. The summed E-state index contributed by atoms with van der Waals surface area (Å²) in [6.45, 7) is 8.31. The van der Waals surface area contributed by atoms with Crippen molar-refractivity contribution in [2.75, 3.05) is 13.7 Å². The summed E-state index contributed by atoms with van der Waals surface area (Å²) in [5, 5.41) is 4.10. The number of hydrogen-bond donors (Lipinski definition) is 0. The highest BCUT2D eigenvalue weighted by Gasteiger charge is 2.41. The molecule has 4 heteroatoms. The van der Waals surface area contributed by atoms with E-state index in [4.69, 9.17) is 9.47 Å². The van der Waals surface area contributed by atoms with Gasteiger partial charge in [-0.1, -0.05) is 99.6 Å². The van der Waals surface area contributed by atoms with Gasteiger partial charge in [-0.15, -0.1) is 0 Å². The summed E-state index contributed by atoms with van der Waals surface area (Å²) in [5.41, 5.74) is 1.41. The first-order valence-electron chi connectivity index (χ1n) is 10.9. The zero-order chi connectivity index (χ0) is 21.8. The number of nitrogens with zero attached hydrogens (tertiary/aromatic N) is 1. The summed E-state index contributed by atoms with van der Waals surface area (Å²) in [4.78, 5) is 2.35. The second-order valence-electron chi connectivity index (χ2n) is 9.11. The highest BCUT2D eigenvalue weighted by atomic mass is 31.1. The van der Waals surface area contributed by atoms with Gasteiger partial charge in [-0.3, -0.25) is 0 Å². The number of ether oxygens (including phenoxy) is 2. The fourth-order valence-electron chi connectivity index (χ4n) is 4.25. The minimum atomic E-state index is -0.609. The third kappa shape index (κ3) is 5.07. The number of hydrogen-bond acceptors (Lipinski definition) is 3. The molecule has 0 spiro atoms. The van der Waals surface area contributed by atoms with Gasteiger partial charge in [0.05, 0.1) is 6.61 Å². The molecule has 2 atom stereocenters. The standard InChI is InChI=1S/C27H32NO2P/c1-27(2,3)25-20-30-26(29-4)28(25)19-21-12-11-17-24(18-21)31(22-13-7-5-8-14-22)23-15-9-6-10-16-23/h5-18,25-26H,19-20H2,1-4H3. The Bertz CT molecular complexity index is 932. The van der Waals surface area contributed by atoms with Crippen LogP contribution in [0.15, 0.2) is 84.9 Å². The summed E-state index contributed by atoms with van der Waals surface area (Å²) in [6, 6.07) is 31.1. The van der Waals surface area contributed by atoms with Crippen LogP contribution in [0.1, 0.15) is 26.3 Å². The normalized spacial score (nSPS) is 19.8. The van der Waals surface area contributed by atoms with E-state index in [1.165, 1.54) is 21.5 Å². The van der Waals surface area contributed by atoms with Gasteiger partial charge in [-0.2, -0.15) is 0 Å². The summed E-state index contributed by atoms with van der Waals surface area (Å²) in [5.74, 6) is 0. The molecule has 3 nitrogen and oxygen atoms in total. The van der Waals surface area contributed by atoms with Gasteiger partial charge in [-0.25, -0.2) is 4.90 Å². The second kappa shape index (κ2) is 9.63. The molecule has 1 heterocycles. The molecule has 3 aromatic carbocycles. The van der Waals surface area contributed by atoms with Crippen LogP contribution in [-0.4, -0.2) is 31.1 Å². The molecule has 0 amide bonds. The quantitative estimate of drug-likeness (QED) is 0.530. The van der Waals surface area contributed by atoms with Crippen molar-refractivity contribution in [3.8, 4) is 0 Å². The summed E-state index contributed by atoms with van der Waals surface area (Å²) >= 11 is 0. The van der Waals surface area contributed by atoms with Crippen LogP contribution >= 0.6 is 7.92 Å². The zero-order valence-corrected chi connectivity index (χ0v) is 19.8. The van der Waals surface area contributed by atoms with Crippen molar-refractivity contribution in [1.82, 2.24) is 4.90 Å². The van der Waals surface area contributed by atoms with Gasteiger partial charge in [0.15, 0.2) is 0 Å². The SMILES string of the molecule is COC1OCC(C(C)(C)C)N1Cc1cccc(P(c2ccccc2)c2ccccc2)c1. The summed E-state index contributed by atoms with van der Waals surface area (Å²) < 4.78 is 11.6. The maximum absolute atomic E-state index is 5.95. The van der Waals surface area contributed by atoms with Gasteiger partial charge in [0.1, 0.15) is 0 Å². The largest absolute Gasteiger partial charge is 0.343 e. The fourth-order valence-corrected chi connectivity index (χ4v) is 6.62. The van der Waals surface area contributed by atoms with Crippen LogP contribution in [0.5, 0.6) is 0 Å². The van der Waals surface area contributed by atoms with Crippen LogP contribution in [0.4, 0.5) is 0 Å². The van der Waals surface area contributed by atoms with Crippen molar-refractivity contribution in [3.63, 3.8) is 0 Å². The molecule has 4 rings (SSSR count). The van der Waals surface area contributed by atoms with E-state index in [9.17, 15) is 0 Å². The predicted molar refractivity (Wildman–Crippen MR) is 131 cm³/mol. The Labute approximate surface area is 187 Å². The first-order chi connectivity index (χ1) is 15.0. The molecule has 0 saturated carbocycles. The Morgan fingerprint density at radius 2 is 1.45 bits per heavy atom. The maximum atomic E-state index is 5.95. The highest BCUT2D eigenvalue weighted by Crippen LogP contribution is 2.35. The zero-order valence-electron chi connectivity index (χ0n) is 18.9. The molecule has 1 aliphatic heterocycles. The Kier molecular flexibility index (Phi) is 6.89. The Morgan fingerprint density at radius 1 is 0.871 bits per heavy atom. The van der Waals surface area contributed by atoms with E-state index in [1.54, 1.807) is 7.11 Å². The average molecular weight is 434 g/mol. The number of rotatable bonds is 6. The van der Waals surface area contributed by atoms with Crippen molar-refractivity contribution in [2.45, 2.75) is 39.8 Å². The van der Waals surface area contributed by atoms with E-state index in [1.807, 2.05) is 0 Å². The van der Waals surface area contributed by atoms with Gasteiger partial charge in [0, 0.05) is 19.7 Å². The van der Waals surface area contributed by atoms with Gasteiger partial charge >= 0.3 is 0 Å². The monoisotopic (exact) mass is 433 g/mol. The van der Waals surface area contributed by atoms with E-state index in [2.05, 4.69) is 111 Å². The van der Waals surface area contributed by atoms with Crippen LogP contribution in [0.3, 0.4) is 0 Å². The van der Waals surface area contributed by atoms with E-state index in [0.29, 0.717) is 12.6 Å². The molecule has 0 radical (unpaired) electrons. The lowest BCUT2D eigenvalue weighted by molar-refractivity contribution is -0.164. The van der Waals surface area contributed by atoms with E-state index >= 15 is 0 Å². The van der Waals surface area contributed by atoms with Gasteiger partial charge in [-0.05, 0) is 40.9 Å². The van der Waals surface area contributed by atoms with Crippen molar-refractivity contribution < 1.29 is 9.47 Å². The molecule has 31 heavy (non-hydrogen) atoms. The van der Waals surface area contributed by atoms with Crippen LogP contribution < -0.4 is 15.9 Å². The van der Waals surface area contributed by atoms with E-state index in [-0.39, 0.29) is 11.8 Å². The average Bonchev–Trinajstić information content (AvgIpc) is 3.19. The van der Waals surface area contributed by atoms with Crippen LogP contribution in [-0.2, 0) is 16.0 Å². The third-order valence-electron chi connectivity index (χ3n) is 5.83. The van der Waals surface area contributed by atoms with Gasteiger partial charge in [0.25, 0.3) is 0 Å². The first-order valence-corrected chi connectivity index (χ1v) is 12.2. The molecule has 1 aliphatic rings. The topological polar surface area (TPSA) is 21.7 Å². The van der Waals surface area contributed by atoms with Crippen molar-refractivity contribution in [2.24, 2.45) is 5.41 Å². The lowest BCUT2D eigenvalue weighted by Gasteiger charge is -2.35. The molecule has 1 fully saturated rings. The number of benzene rings is 3. The van der Waals surface area contributed by atoms with E-state index in [0.717, 1.165) is 6.54 Å². The van der Waals surface area contributed by atoms with Crippen molar-refractivity contribution in [1.29, 1.82) is 0 Å². The Hall–Kier alpha value is -2.03. The lowest BCUT2D eigenvalue weighted by atomic mass is 9.86. The molecule has 1 saturated heterocycles. The van der Waals surface area contributed by atoms with Crippen molar-refractivity contribution >= 4 is 23.8 Å². The third-order valence-corrected chi connectivity index (χ3v) is 8.26. The Balaban J connectivity index is 1.68. The molecule has 0 bridgehead atoms. The molecule has 3 aromatic rings. The molecule has 0 N–H and O–H groups in total. The summed E-state index contributed by atoms with van der Waals surface area (Å²) in [7, 11) is 1.12. The first kappa shape index (κ1) is 22.2. The highest BCUT2D eigenvalue weighted by molar-refractivity contribution is 7.79. The maximum Gasteiger partial charge on any atom is 0.219 e. The predicted octanol–water partition coefficient (Wildman–Crippen LogP) is 4.62. The van der Waals surface area contributed by atoms with Gasteiger partial charge < -0.3 is 9.47 Å². The van der Waals surface area contributed by atoms with Crippen LogP contribution in [0.2, 0.25) is 0 Å². The van der Waals surface area contributed by atoms with Crippen LogP contribution in [0, 0.1) is 5.41 Å². The second-order valence-corrected chi connectivity index (χ2v) is 11.3. The van der Waals surface area contributed by atoms with Crippen LogP contribution in [0.25, 0.3) is 0 Å². The molecule has 162 valence electrons. The minimum absolute atomic E-state index is 0.117. The smallest absolute Gasteiger partial charge is 0.219 e. The minimum Gasteiger partial charge on any atom is -0.343 e. The lowest BCUT2D eigenvalue weighted by Crippen LogP contribution is -2.44. The van der Waals surface area contributed by atoms with Crippen molar-refractivity contribution in [3.05, 3.63) is 90.5 Å². The summed E-state index contributed by atoms with van der Waals surface area (Å²) in [6.07, 6.45) is -0.294. The molecule has 0 aliphatic carbocycles. The molecular weight excluding hydrogens is 401 g/mol. The fraction of sp³-hybridized carbons (Fsp3) is 0.333. The molecular formula is C27H32NO2P.